The van der Waals surface area contributed by atoms with E-state index in [0.717, 1.165) is 4.31 Å². The van der Waals surface area contributed by atoms with Gasteiger partial charge in [-0.15, -0.1) is 0 Å². The molecule has 1 fully saturated rings. The van der Waals surface area contributed by atoms with Gasteiger partial charge in [-0.05, 0) is 62.4 Å². The molecule has 3 rings (SSSR count). The van der Waals surface area contributed by atoms with Crippen molar-refractivity contribution in [2.24, 2.45) is 0 Å². The lowest BCUT2D eigenvalue weighted by Crippen LogP contribution is -2.51. The number of morpholine rings is 1. The molecule has 0 saturated carbocycles. The highest BCUT2D eigenvalue weighted by molar-refractivity contribution is 7.92. The zero-order valence-corrected chi connectivity index (χ0v) is 18.7. The Kier molecular flexibility index (Phi) is 6.90. The second kappa shape index (κ2) is 9.24. The molecule has 1 heterocycles. The number of nitrogens with zero attached hydrogens (tertiary/aromatic N) is 2. The van der Waals surface area contributed by atoms with Gasteiger partial charge in [0.15, 0.2) is 0 Å². The summed E-state index contributed by atoms with van der Waals surface area (Å²) >= 11 is 5.91. The third-order valence-corrected chi connectivity index (χ3v) is 6.85. The molecule has 2 aromatic carbocycles. The van der Waals surface area contributed by atoms with Crippen molar-refractivity contribution in [3.8, 4) is 5.75 Å². The summed E-state index contributed by atoms with van der Waals surface area (Å²) in [6.45, 7) is 4.29. The molecule has 0 spiro atoms. The number of sulfonamides is 1. The van der Waals surface area contributed by atoms with Crippen molar-refractivity contribution < 1.29 is 22.7 Å². The van der Waals surface area contributed by atoms with Gasteiger partial charge < -0.3 is 14.4 Å². The minimum atomic E-state index is -4.00. The van der Waals surface area contributed by atoms with Gasteiger partial charge in [-0.3, -0.25) is 9.10 Å². The largest absolute Gasteiger partial charge is 0.497 e. The summed E-state index contributed by atoms with van der Waals surface area (Å²) < 4.78 is 38.8. The first-order valence-corrected chi connectivity index (χ1v) is 11.4. The number of carbonyl (C=O) groups is 1. The number of amides is 1. The first-order valence-electron chi connectivity index (χ1n) is 9.56. The topological polar surface area (TPSA) is 76.2 Å². The Balaban J connectivity index is 1.94. The Labute approximate surface area is 182 Å². The monoisotopic (exact) mass is 452 g/mol. The summed E-state index contributed by atoms with van der Waals surface area (Å²) in [6, 6.07) is 12.4. The van der Waals surface area contributed by atoms with Crippen LogP contribution in [0, 0.1) is 0 Å². The standard InChI is InChI=1S/C21H25ClN2O5S/c1-15-12-23(13-16(2)29-15)21(25)14-24(18-6-8-19(28-3)9-7-18)30(26,27)20-10-4-17(22)5-11-20/h4-11,15-16H,12-14H2,1-3H3. The molecule has 30 heavy (non-hydrogen) atoms. The third-order valence-electron chi connectivity index (χ3n) is 4.81. The normalized spacial score (nSPS) is 19.4. The van der Waals surface area contributed by atoms with Gasteiger partial charge in [-0.1, -0.05) is 11.6 Å². The predicted octanol–water partition coefficient (Wildman–Crippen LogP) is 3.18. The summed E-state index contributed by atoms with van der Waals surface area (Å²) in [7, 11) is -2.47. The fourth-order valence-electron chi connectivity index (χ4n) is 3.40. The van der Waals surface area contributed by atoms with E-state index in [9.17, 15) is 13.2 Å². The summed E-state index contributed by atoms with van der Waals surface area (Å²) in [6.07, 6.45) is -0.222. The smallest absolute Gasteiger partial charge is 0.264 e. The number of hydrogen-bond acceptors (Lipinski definition) is 5. The van der Waals surface area contributed by atoms with Gasteiger partial charge in [-0.2, -0.15) is 0 Å². The van der Waals surface area contributed by atoms with Crippen LogP contribution >= 0.6 is 11.6 Å². The first-order chi connectivity index (χ1) is 14.2. The van der Waals surface area contributed by atoms with Crippen LogP contribution in [-0.4, -0.2) is 58.2 Å². The molecular formula is C21H25ClN2O5S. The molecule has 1 aliphatic rings. The van der Waals surface area contributed by atoms with Gasteiger partial charge in [0.05, 0.1) is 29.9 Å². The summed E-state index contributed by atoms with van der Waals surface area (Å²) in [4.78, 5) is 14.7. The molecule has 2 aromatic rings. The third kappa shape index (κ3) is 5.06. The van der Waals surface area contributed by atoms with Crippen molar-refractivity contribution in [3.63, 3.8) is 0 Å². The average molecular weight is 453 g/mol. The fraction of sp³-hybridized carbons (Fsp3) is 0.381. The molecule has 1 amide bonds. The van der Waals surface area contributed by atoms with E-state index in [-0.39, 0.29) is 29.6 Å². The lowest BCUT2D eigenvalue weighted by molar-refractivity contribution is -0.141. The van der Waals surface area contributed by atoms with E-state index < -0.39 is 10.0 Å². The molecule has 7 nitrogen and oxygen atoms in total. The minimum Gasteiger partial charge on any atom is -0.497 e. The van der Waals surface area contributed by atoms with Crippen LogP contribution in [0.25, 0.3) is 0 Å². The highest BCUT2D eigenvalue weighted by Crippen LogP contribution is 2.27. The summed E-state index contributed by atoms with van der Waals surface area (Å²) in [5, 5.41) is 0.428. The van der Waals surface area contributed by atoms with Gasteiger partial charge in [0.1, 0.15) is 12.3 Å². The number of carbonyl (C=O) groups excluding carboxylic acids is 1. The van der Waals surface area contributed by atoms with Crippen molar-refractivity contribution in [2.45, 2.75) is 31.0 Å². The van der Waals surface area contributed by atoms with E-state index in [1.165, 1.54) is 31.4 Å². The molecule has 0 bridgehead atoms. The molecule has 2 unspecified atom stereocenters. The van der Waals surface area contributed by atoms with Gasteiger partial charge >= 0.3 is 0 Å². The minimum absolute atomic E-state index is 0.0548. The predicted molar refractivity (Wildman–Crippen MR) is 116 cm³/mol. The summed E-state index contributed by atoms with van der Waals surface area (Å²) in [5.41, 5.74) is 0.369. The number of halogens is 1. The average Bonchev–Trinajstić information content (AvgIpc) is 2.71. The maximum absolute atomic E-state index is 13.4. The first kappa shape index (κ1) is 22.4. The molecule has 0 radical (unpaired) electrons. The number of rotatable bonds is 6. The number of anilines is 1. The van der Waals surface area contributed by atoms with Crippen LogP contribution in [0.5, 0.6) is 5.75 Å². The van der Waals surface area contributed by atoms with Crippen molar-refractivity contribution in [2.75, 3.05) is 31.0 Å². The maximum Gasteiger partial charge on any atom is 0.264 e. The molecule has 1 saturated heterocycles. The van der Waals surface area contributed by atoms with Gasteiger partial charge in [0.25, 0.3) is 10.0 Å². The van der Waals surface area contributed by atoms with Crippen LogP contribution in [0.2, 0.25) is 5.02 Å². The Bertz CT molecular complexity index is 969. The highest BCUT2D eigenvalue weighted by Gasteiger charge is 2.32. The SMILES string of the molecule is COc1ccc(N(CC(=O)N2CC(C)OC(C)C2)S(=O)(=O)c2ccc(Cl)cc2)cc1. The van der Waals surface area contributed by atoms with Gasteiger partial charge in [0, 0.05) is 18.1 Å². The summed E-state index contributed by atoms with van der Waals surface area (Å²) in [5.74, 6) is 0.301. The number of benzene rings is 2. The second-order valence-corrected chi connectivity index (χ2v) is 9.52. The van der Waals surface area contributed by atoms with E-state index in [2.05, 4.69) is 0 Å². The lowest BCUT2D eigenvalue weighted by atomic mass is 10.2. The Morgan fingerprint density at radius 3 is 2.20 bits per heavy atom. The molecule has 0 N–H and O–H groups in total. The van der Waals surface area contributed by atoms with Crippen LogP contribution in [0.1, 0.15) is 13.8 Å². The second-order valence-electron chi connectivity index (χ2n) is 7.22. The molecule has 0 aliphatic carbocycles. The Hall–Kier alpha value is -2.29. The lowest BCUT2D eigenvalue weighted by Gasteiger charge is -2.36. The van der Waals surface area contributed by atoms with Crippen LogP contribution in [0.4, 0.5) is 5.69 Å². The van der Waals surface area contributed by atoms with E-state index in [0.29, 0.717) is 29.5 Å². The molecule has 162 valence electrons. The quantitative estimate of drug-likeness (QED) is 0.672. The van der Waals surface area contributed by atoms with Crippen molar-refractivity contribution in [1.29, 1.82) is 0 Å². The zero-order chi connectivity index (χ0) is 21.9. The molecular weight excluding hydrogens is 428 g/mol. The van der Waals surface area contributed by atoms with E-state index in [1.807, 2.05) is 13.8 Å². The van der Waals surface area contributed by atoms with E-state index >= 15 is 0 Å². The van der Waals surface area contributed by atoms with Crippen molar-refractivity contribution >= 4 is 33.2 Å². The molecule has 2 atom stereocenters. The van der Waals surface area contributed by atoms with Crippen molar-refractivity contribution in [3.05, 3.63) is 53.6 Å². The zero-order valence-electron chi connectivity index (χ0n) is 17.1. The fourth-order valence-corrected chi connectivity index (χ4v) is 4.94. The van der Waals surface area contributed by atoms with Crippen LogP contribution in [0.15, 0.2) is 53.4 Å². The van der Waals surface area contributed by atoms with Crippen LogP contribution in [0.3, 0.4) is 0 Å². The molecule has 1 aliphatic heterocycles. The number of ether oxygens (including phenoxy) is 2. The maximum atomic E-state index is 13.4. The Morgan fingerprint density at radius 2 is 1.67 bits per heavy atom. The van der Waals surface area contributed by atoms with Crippen LogP contribution < -0.4 is 9.04 Å². The van der Waals surface area contributed by atoms with E-state index in [4.69, 9.17) is 21.1 Å². The van der Waals surface area contributed by atoms with E-state index in [1.54, 1.807) is 29.2 Å². The Morgan fingerprint density at radius 1 is 1.10 bits per heavy atom. The van der Waals surface area contributed by atoms with Gasteiger partial charge in [-0.25, -0.2) is 8.42 Å². The molecule has 0 aromatic heterocycles. The number of methoxy groups -OCH3 is 1. The number of hydrogen-bond donors (Lipinski definition) is 0. The van der Waals surface area contributed by atoms with Crippen molar-refractivity contribution in [1.82, 2.24) is 4.90 Å². The van der Waals surface area contributed by atoms with Crippen LogP contribution in [-0.2, 0) is 19.6 Å². The van der Waals surface area contributed by atoms with Gasteiger partial charge in [0.2, 0.25) is 5.91 Å². The highest BCUT2D eigenvalue weighted by atomic mass is 35.5. The molecule has 9 heteroatoms.